The van der Waals surface area contributed by atoms with E-state index in [-0.39, 0.29) is 12.4 Å². The molecule has 2 atom stereocenters. The van der Waals surface area contributed by atoms with Gasteiger partial charge in [-0.2, -0.15) is 0 Å². The number of aromatic nitrogens is 1. The molecule has 5 nitrogen and oxygen atoms in total. The van der Waals surface area contributed by atoms with Crippen LogP contribution in [0, 0.1) is 5.92 Å². The fraction of sp³-hybridized carbons (Fsp3) is 0.692. The average Bonchev–Trinajstić information content (AvgIpc) is 3.00. The first-order valence-corrected chi connectivity index (χ1v) is 7.53. The number of carbonyl (C=O) groups excluding carboxylic acids is 1. The van der Waals surface area contributed by atoms with Gasteiger partial charge in [0, 0.05) is 12.0 Å². The molecule has 2 fully saturated rings. The van der Waals surface area contributed by atoms with Gasteiger partial charge in [0.1, 0.15) is 0 Å². The Labute approximate surface area is 116 Å². The average molecular weight is 282 g/mol. The Morgan fingerprint density at radius 2 is 2.42 bits per heavy atom. The molecule has 2 aliphatic rings. The molecule has 1 aromatic heterocycles. The van der Waals surface area contributed by atoms with Crippen molar-refractivity contribution in [2.75, 3.05) is 19.0 Å². The maximum absolute atomic E-state index is 11.2. The molecular weight excluding hydrogens is 264 g/mol. The highest BCUT2D eigenvalue weighted by Crippen LogP contribution is 2.39. The normalized spacial score (nSPS) is 26.4. The second-order valence-corrected chi connectivity index (χ2v) is 5.97. The Balaban J connectivity index is 1.58. The zero-order valence-corrected chi connectivity index (χ0v) is 11.7. The third kappa shape index (κ3) is 3.06. The highest BCUT2D eigenvalue weighted by molar-refractivity contribution is 7.13. The number of nitrogens with one attached hydrogen (secondary N) is 1. The van der Waals surface area contributed by atoms with Crippen LogP contribution in [0.1, 0.15) is 25.0 Å². The molecule has 1 N–H and O–H groups in total. The maximum atomic E-state index is 11.2. The number of nitrogens with zero attached hydrogens (tertiary/aromatic N) is 1. The molecule has 1 aromatic rings. The van der Waals surface area contributed by atoms with Gasteiger partial charge in [0.25, 0.3) is 0 Å². The second kappa shape index (κ2) is 5.46. The Morgan fingerprint density at radius 1 is 1.58 bits per heavy atom. The predicted octanol–water partition coefficient (Wildman–Crippen LogP) is 1.84. The van der Waals surface area contributed by atoms with E-state index in [9.17, 15) is 4.79 Å². The highest BCUT2D eigenvalue weighted by atomic mass is 32.1. The monoisotopic (exact) mass is 282 g/mol. The Hall–Kier alpha value is -1.14. The minimum absolute atomic E-state index is 0.238. The first-order chi connectivity index (χ1) is 9.26. The molecular formula is C13H18N2O3S. The molecule has 0 amide bonds. The van der Waals surface area contributed by atoms with E-state index in [2.05, 4.69) is 15.0 Å². The number of ether oxygens (including phenoxy) is 2. The van der Waals surface area contributed by atoms with E-state index >= 15 is 0 Å². The molecule has 0 radical (unpaired) electrons. The summed E-state index contributed by atoms with van der Waals surface area (Å²) >= 11 is 1.54. The fourth-order valence-corrected chi connectivity index (χ4v) is 3.26. The summed E-state index contributed by atoms with van der Waals surface area (Å²) < 4.78 is 10.4. The van der Waals surface area contributed by atoms with Crippen LogP contribution >= 0.6 is 11.3 Å². The van der Waals surface area contributed by atoms with E-state index in [1.54, 1.807) is 0 Å². The summed E-state index contributed by atoms with van der Waals surface area (Å²) in [5.41, 5.74) is 0.765. The lowest BCUT2D eigenvalue weighted by Gasteiger charge is -2.18. The van der Waals surface area contributed by atoms with E-state index in [4.69, 9.17) is 4.74 Å². The first kappa shape index (κ1) is 12.9. The van der Waals surface area contributed by atoms with E-state index in [1.807, 2.05) is 5.38 Å². The fourth-order valence-electron chi connectivity index (χ4n) is 2.49. The van der Waals surface area contributed by atoms with Crippen LogP contribution < -0.4 is 5.32 Å². The van der Waals surface area contributed by atoms with Crippen LogP contribution in [0.2, 0.25) is 0 Å². The summed E-state index contributed by atoms with van der Waals surface area (Å²) in [5.74, 6) is 0.478. The standard InChI is InChI=1S/C13H18N2O3S/c1-17-11(16)6-9-7-19-13(14-9)15-10-4-5-18-12(10)8-2-3-8/h7-8,10,12H,2-6H2,1H3,(H,14,15). The SMILES string of the molecule is COC(=O)Cc1csc(NC2CCOC2C2CC2)n1. The molecule has 3 rings (SSSR count). The number of hydrogen-bond donors (Lipinski definition) is 1. The third-order valence-corrected chi connectivity index (χ3v) is 4.46. The van der Waals surface area contributed by atoms with Gasteiger partial charge in [-0.3, -0.25) is 4.79 Å². The zero-order valence-electron chi connectivity index (χ0n) is 10.9. The van der Waals surface area contributed by atoms with Gasteiger partial charge in [-0.05, 0) is 25.2 Å². The van der Waals surface area contributed by atoms with E-state index in [0.717, 1.165) is 29.8 Å². The van der Waals surface area contributed by atoms with Gasteiger partial charge in [-0.25, -0.2) is 4.98 Å². The van der Waals surface area contributed by atoms with Crippen molar-refractivity contribution in [3.05, 3.63) is 11.1 Å². The zero-order chi connectivity index (χ0) is 13.2. The molecule has 0 spiro atoms. The number of carbonyl (C=O) groups is 1. The van der Waals surface area contributed by atoms with Crippen molar-refractivity contribution in [1.82, 2.24) is 4.98 Å². The molecule has 6 heteroatoms. The van der Waals surface area contributed by atoms with Crippen LogP contribution in [0.15, 0.2) is 5.38 Å². The lowest BCUT2D eigenvalue weighted by molar-refractivity contribution is -0.139. The lowest BCUT2D eigenvalue weighted by atomic mass is 10.1. The van der Waals surface area contributed by atoms with Gasteiger partial charge in [-0.15, -0.1) is 11.3 Å². The quantitative estimate of drug-likeness (QED) is 0.835. The van der Waals surface area contributed by atoms with Crippen molar-refractivity contribution < 1.29 is 14.3 Å². The largest absolute Gasteiger partial charge is 0.469 e. The van der Waals surface area contributed by atoms with Crippen LogP contribution in [0.25, 0.3) is 0 Å². The number of esters is 1. The van der Waals surface area contributed by atoms with Gasteiger partial charge in [-0.1, -0.05) is 0 Å². The van der Waals surface area contributed by atoms with E-state index < -0.39 is 0 Å². The molecule has 0 bridgehead atoms. The third-order valence-electron chi connectivity index (χ3n) is 3.64. The number of anilines is 1. The van der Waals surface area contributed by atoms with Gasteiger partial charge < -0.3 is 14.8 Å². The molecule has 19 heavy (non-hydrogen) atoms. The maximum Gasteiger partial charge on any atom is 0.311 e. The van der Waals surface area contributed by atoms with Crippen molar-refractivity contribution in [3.63, 3.8) is 0 Å². The summed E-state index contributed by atoms with van der Waals surface area (Å²) in [4.78, 5) is 15.6. The predicted molar refractivity (Wildman–Crippen MR) is 72.3 cm³/mol. The van der Waals surface area contributed by atoms with Crippen molar-refractivity contribution in [3.8, 4) is 0 Å². The summed E-state index contributed by atoms with van der Waals surface area (Å²) in [7, 11) is 1.39. The summed E-state index contributed by atoms with van der Waals surface area (Å²) in [6.45, 7) is 0.833. The summed E-state index contributed by atoms with van der Waals surface area (Å²) in [5, 5.41) is 6.23. The molecule has 0 aromatic carbocycles. The number of hydrogen-bond acceptors (Lipinski definition) is 6. The van der Waals surface area contributed by atoms with Crippen LogP contribution in [0.3, 0.4) is 0 Å². The Bertz CT molecular complexity index is 458. The summed E-state index contributed by atoms with van der Waals surface area (Å²) in [6, 6.07) is 0.365. The van der Waals surface area contributed by atoms with Crippen molar-refractivity contribution in [1.29, 1.82) is 0 Å². The van der Waals surface area contributed by atoms with Crippen LogP contribution in [0.5, 0.6) is 0 Å². The van der Waals surface area contributed by atoms with Gasteiger partial charge in [0.2, 0.25) is 0 Å². The number of thiazole rings is 1. The molecule has 2 heterocycles. The van der Waals surface area contributed by atoms with Gasteiger partial charge >= 0.3 is 5.97 Å². The minimum Gasteiger partial charge on any atom is -0.469 e. The first-order valence-electron chi connectivity index (χ1n) is 6.65. The smallest absolute Gasteiger partial charge is 0.311 e. The minimum atomic E-state index is -0.253. The lowest BCUT2D eigenvalue weighted by Crippen LogP contribution is -2.30. The molecule has 1 aliphatic heterocycles. The topological polar surface area (TPSA) is 60.5 Å². The number of methoxy groups -OCH3 is 1. The van der Waals surface area contributed by atoms with E-state index in [1.165, 1.54) is 31.3 Å². The molecule has 1 aliphatic carbocycles. The van der Waals surface area contributed by atoms with E-state index in [0.29, 0.717) is 12.1 Å². The highest BCUT2D eigenvalue weighted by Gasteiger charge is 2.40. The van der Waals surface area contributed by atoms with Crippen LogP contribution in [-0.2, 0) is 20.7 Å². The number of rotatable bonds is 5. The molecule has 104 valence electrons. The molecule has 2 unspecified atom stereocenters. The van der Waals surface area contributed by atoms with Crippen LogP contribution in [-0.4, -0.2) is 36.8 Å². The molecule has 1 saturated heterocycles. The molecule has 1 saturated carbocycles. The Morgan fingerprint density at radius 3 is 3.16 bits per heavy atom. The second-order valence-electron chi connectivity index (χ2n) is 5.11. The van der Waals surface area contributed by atoms with Crippen molar-refractivity contribution >= 4 is 22.4 Å². The van der Waals surface area contributed by atoms with Gasteiger partial charge in [0.15, 0.2) is 5.13 Å². The van der Waals surface area contributed by atoms with Crippen molar-refractivity contribution in [2.45, 2.75) is 37.8 Å². The van der Waals surface area contributed by atoms with Crippen LogP contribution in [0.4, 0.5) is 5.13 Å². The van der Waals surface area contributed by atoms with Crippen molar-refractivity contribution in [2.24, 2.45) is 5.92 Å². The summed E-state index contributed by atoms with van der Waals surface area (Å²) in [6.07, 6.45) is 4.19. The Kier molecular flexibility index (Phi) is 3.70. The van der Waals surface area contributed by atoms with Gasteiger partial charge in [0.05, 0.1) is 31.4 Å².